The summed E-state index contributed by atoms with van der Waals surface area (Å²) >= 11 is 0. The molecule has 3 N–H and O–H groups in total. The molecule has 0 amide bonds. The fourth-order valence-corrected chi connectivity index (χ4v) is 1.78. The van der Waals surface area contributed by atoms with Crippen molar-refractivity contribution in [2.45, 2.75) is 19.8 Å². The number of carbonyl (C=O) groups excluding carboxylic acids is 1. The Morgan fingerprint density at radius 1 is 1.22 bits per heavy atom. The first-order valence-corrected chi connectivity index (χ1v) is 5.45. The van der Waals surface area contributed by atoms with E-state index in [1.54, 1.807) is 19.1 Å². The van der Waals surface area contributed by atoms with E-state index >= 15 is 0 Å². The molecule has 0 heterocycles. The summed E-state index contributed by atoms with van der Waals surface area (Å²) in [5.74, 6) is -3.35. The molecule has 2 atom stereocenters. The number of hydrogen-bond donors (Lipinski definition) is 3. The first-order chi connectivity index (χ1) is 8.34. The number of nitrogens with one attached hydrogen (secondary N) is 1. The van der Waals surface area contributed by atoms with Crippen molar-refractivity contribution in [3.8, 4) is 5.75 Å². The van der Waals surface area contributed by atoms with Crippen LogP contribution in [0.2, 0.25) is 0 Å². The number of Topliss-reactive ketones (excluding diaryl/α,β-unsaturated/α-hetero) is 1. The minimum atomic E-state index is -1.20. The molecule has 0 spiro atoms. The number of benzene rings is 1. The maximum absolute atomic E-state index is 11.2. The van der Waals surface area contributed by atoms with Gasteiger partial charge in [0.05, 0.1) is 5.71 Å². The van der Waals surface area contributed by atoms with Gasteiger partial charge in [-0.15, -0.1) is 0 Å². The second-order valence-corrected chi connectivity index (χ2v) is 4.17. The van der Waals surface area contributed by atoms with Crippen molar-refractivity contribution in [3.63, 3.8) is 0 Å². The molecule has 0 bridgehead atoms. The zero-order chi connectivity index (χ0) is 13.9. The number of aromatic hydroxyl groups is 1. The molecule has 0 saturated heterocycles. The van der Waals surface area contributed by atoms with Crippen LogP contribution in [0.5, 0.6) is 5.75 Å². The van der Waals surface area contributed by atoms with Crippen LogP contribution in [0, 0.1) is 11.3 Å². The predicted molar refractivity (Wildman–Crippen MR) is 66.1 cm³/mol. The van der Waals surface area contributed by atoms with Crippen LogP contribution >= 0.6 is 0 Å². The number of ketones is 1. The summed E-state index contributed by atoms with van der Waals surface area (Å²) in [5.41, 5.74) is 0.245. The number of hydrogen-bond acceptors (Lipinski definition) is 4. The number of aliphatic carboxylic acids is 1. The van der Waals surface area contributed by atoms with Gasteiger partial charge in [0, 0.05) is 12.8 Å². The standard InChI is InChI=1S/C13H15NO4/c1-7(9-3-5-10(16)6-4-9)11(13(17)18)12(14)8(2)15/h3-7,11,14,16H,1-2H3,(H,17,18). The number of rotatable bonds is 5. The molecule has 0 saturated carbocycles. The third-order valence-corrected chi connectivity index (χ3v) is 2.88. The molecule has 2 unspecified atom stereocenters. The Balaban J connectivity index is 3.07. The Labute approximate surface area is 105 Å². The lowest BCUT2D eigenvalue weighted by atomic mass is 9.83. The van der Waals surface area contributed by atoms with E-state index in [1.807, 2.05) is 0 Å². The lowest BCUT2D eigenvalue weighted by Crippen LogP contribution is -2.32. The van der Waals surface area contributed by atoms with Gasteiger partial charge in [-0.05, 0) is 17.7 Å². The van der Waals surface area contributed by atoms with Gasteiger partial charge in [-0.25, -0.2) is 0 Å². The highest BCUT2D eigenvalue weighted by atomic mass is 16.4. The molecule has 5 nitrogen and oxygen atoms in total. The highest BCUT2D eigenvalue weighted by Crippen LogP contribution is 2.27. The molecule has 1 aromatic rings. The summed E-state index contributed by atoms with van der Waals surface area (Å²) < 4.78 is 0. The minimum absolute atomic E-state index is 0.0828. The second-order valence-electron chi connectivity index (χ2n) is 4.17. The van der Waals surface area contributed by atoms with Crippen LogP contribution in [0.3, 0.4) is 0 Å². The van der Waals surface area contributed by atoms with Crippen LogP contribution in [0.15, 0.2) is 24.3 Å². The van der Waals surface area contributed by atoms with Gasteiger partial charge in [0.25, 0.3) is 0 Å². The smallest absolute Gasteiger partial charge is 0.313 e. The van der Waals surface area contributed by atoms with Crippen LogP contribution in [-0.2, 0) is 9.59 Å². The number of carboxylic acid groups (broad SMARTS) is 1. The predicted octanol–water partition coefficient (Wildman–Crippen LogP) is 1.81. The average molecular weight is 249 g/mol. The minimum Gasteiger partial charge on any atom is -0.508 e. The average Bonchev–Trinajstić information content (AvgIpc) is 2.29. The van der Waals surface area contributed by atoms with Gasteiger partial charge < -0.3 is 15.6 Å². The molecule has 96 valence electrons. The third-order valence-electron chi connectivity index (χ3n) is 2.88. The second kappa shape index (κ2) is 5.44. The van der Waals surface area contributed by atoms with E-state index in [1.165, 1.54) is 19.1 Å². The van der Waals surface area contributed by atoms with E-state index in [2.05, 4.69) is 0 Å². The molecular formula is C13H15NO4. The number of carbonyl (C=O) groups is 2. The van der Waals surface area contributed by atoms with Crippen molar-refractivity contribution in [1.82, 2.24) is 0 Å². The van der Waals surface area contributed by atoms with Crippen molar-refractivity contribution in [1.29, 1.82) is 5.41 Å². The number of carboxylic acids is 1. The highest BCUT2D eigenvalue weighted by molar-refractivity contribution is 6.41. The summed E-state index contributed by atoms with van der Waals surface area (Å²) in [4.78, 5) is 22.3. The normalized spacial score (nSPS) is 13.7. The van der Waals surface area contributed by atoms with Gasteiger partial charge in [-0.2, -0.15) is 0 Å². The van der Waals surface area contributed by atoms with Crippen molar-refractivity contribution in [2.24, 2.45) is 5.92 Å². The summed E-state index contributed by atoms with van der Waals surface area (Å²) in [7, 11) is 0. The lowest BCUT2D eigenvalue weighted by Gasteiger charge is -2.20. The SMILES string of the molecule is CC(=O)C(=N)C(C(=O)O)C(C)c1ccc(O)cc1. The molecular weight excluding hydrogens is 234 g/mol. The molecule has 0 radical (unpaired) electrons. The number of phenolic OH excluding ortho intramolecular Hbond substituents is 1. The molecule has 0 aromatic heterocycles. The Morgan fingerprint density at radius 2 is 1.72 bits per heavy atom. The Bertz CT molecular complexity index is 478. The van der Waals surface area contributed by atoms with E-state index in [9.17, 15) is 14.7 Å². The molecule has 1 rings (SSSR count). The zero-order valence-corrected chi connectivity index (χ0v) is 10.2. The molecule has 5 heteroatoms. The quantitative estimate of drug-likeness (QED) is 0.693. The first kappa shape index (κ1) is 13.9. The van der Waals surface area contributed by atoms with E-state index in [-0.39, 0.29) is 5.75 Å². The Morgan fingerprint density at radius 3 is 2.11 bits per heavy atom. The monoisotopic (exact) mass is 249 g/mol. The highest BCUT2D eigenvalue weighted by Gasteiger charge is 2.32. The van der Waals surface area contributed by atoms with Crippen molar-refractivity contribution in [3.05, 3.63) is 29.8 Å². The van der Waals surface area contributed by atoms with Gasteiger partial charge >= 0.3 is 5.97 Å². The van der Waals surface area contributed by atoms with Crippen molar-refractivity contribution in [2.75, 3.05) is 0 Å². The van der Waals surface area contributed by atoms with E-state index < -0.39 is 29.3 Å². The van der Waals surface area contributed by atoms with Gasteiger partial charge in [-0.1, -0.05) is 19.1 Å². The van der Waals surface area contributed by atoms with Crippen LogP contribution in [0.1, 0.15) is 25.3 Å². The summed E-state index contributed by atoms with van der Waals surface area (Å²) in [6.07, 6.45) is 0. The van der Waals surface area contributed by atoms with Crippen LogP contribution in [0.4, 0.5) is 0 Å². The molecule has 0 aliphatic carbocycles. The molecule has 18 heavy (non-hydrogen) atoms. The first-order valence-electron chi connectivity index (χ1n) is 5.45. The summed E-state index contributed by atoms with van der Waals surface area (Å²) in [6.45, 7) is 2.82. The fraction of sp³-hybridized carbons (Fsp3) is 0.308. The summed E-state index contributed by atoms with van der Waals surface area (Å²) in [5, 5.41) is 25.9. The largest absolute Gasteiger partial charge is 0.508 e. The van der Waals surface area contributed by atoms with Gasteiger partial charge in [0.15, 0.2) is 5.78 Å². The Kier molecular flexibility index (Phi) is 4.20. The van der Waals surface area contributed by atoms with Crippen molar-refractivity contribution >= 4 is 17.5 Å². The van der Waals surface area contributed by atoms with Gasteiger partial charge in [-0.3, -0.25) is 9.59 Å². The lowest BCUT2D eigenvalue weighted by molar-refractivity contribution is -0.140. The van der Waals surface area contributed by atoms with Crippen LogP contribution < -0.4 is 0 Å². The van der Waals surface area contributed by atoms with Crippen molar-refractivity contribution < 1.29 is 19.8 Å². The maximum atomic E-state index is 11.2. The molecule has 0 aliphatic rings. The molecule has 0 fully saturated rings. The van der Waals surface area contributed by atoms with E-state index in [4.69, 9.17) is 10.5 Å². The zero-order valence-electron chi connectivity index (χ0n) is 10.2. The van der Waals surface area contributed by atoms with Crippen LogP contribution in [0.25, 0.3) is 0 Å². The number of phenols is 1. The molecule has 0 aliphatic heterocycles. The summed E-state index contributed by atoms with van der Waals surface area (Å²) in [6, 6.07) is 6.07. The van der Waals surface area contributed by atoms with Crippen LogP contribution in [-0.4, -0.2) is 27.7 Å². The fourth-order valence-electron chi connectivity index (χ4n) is 1.78. The Hall–Kier alpha value is -2.17. The van der Waals surface area contributed by atoms with E-state index in [0.717, 1.165) is 0 Å². The maximum Gasteiger partial charge on any atom is 0.313 e. The van der Waals surface area contributed by atoms with E-state index in [0.29, 0.717) is 5.56 Å². The molecule has 1 aromatic carbocycles. The topological polar surface area (TPSA) is 98.5 Å². The third kappa shape index (κ3) is 2.94. The van der Waals surface area contributed by atoms with Gasteiger partial charge in [0.2, 0.25) is 0 Å². The van der Waals surface area contributed by atoms with Gasteiger partial charge in [0.1, 0.15) is 11.7 Å².